The summed E-state index contributed by atoms with van der Waals surface area (Å²) in [4.78, 5) is 23.4. The van der Waals surface area contributed by atoms with E-state index in [1.54, 1.807) is 6.08 Å². The second-order valence-corrected chi connectivity index (χ2v) is 26.3. The van der Waals surface area contributed by atoms with Crippen LogP contribution in [0.1, 0.15) is 296 Å². The zero-order chi connectivity index (χ0) is 62.6. The van der Waals surface area contributed by atoms with E-state index < -0.39 is 20.0 Å². The summed E-state index contributed by atoms with van der Waals surface area (Å²) in [5.41, 5.74) is 0. The van der Waals surface area contributed by atoms with E-state index in [2.05, 4.69) is 141 Å². The number of phosphoric ester groups is 1. The molecule has 3 atom stereocenters. The SMILES string of the molecule is CC/C=C\C/C=C\C/C=C\C/C=C\C/C=C\C/C=C\C/C=C\C/C=C\CCCCCCCCCCCCCCCCCCC(=O)NC(COP(=O)(O)OCC[N+](C)(C)C)C(O)/C=C/CC/C=C/CC/C=C/CCCCCCCCCCCCCCC. The zero-order valence-corrected chi connectivity index (χ0v) is 57.4. The first kappa shape index (κ1) is 82.6. The van der Waals surface area contributed by atoms with Gasteiger partial charge in [-0.25, -0.2) is 4.57 Å². The second kappa shape index (κ2) is 66.1. The highest BCUT2D eigenvalue weighted by atomic mass is 31.2. The number of rotatable bonds is 64. The van der Waals surface area contributed by atoms with Crippen molar-refractivity contribution in [2.75, 3.05) is 40.9 Å². The van der Waals surface area contributed by atoms with Gasteiger partial charge in [-0.2, -0.15) is 0 Å². The normalized spacial score (nSPS) is 14.5. The average Bonchev–Trinajstić information content (AvgIpc) is 3.70. The highest BCUT2D eigenvalue weighted by Gasteiger charge is 2.28. The third-order valence-corrected chi connectivity index (χ3v) is 16.3. The van der Waals surface area contributed by atoms with Crippen molar-refractivity contribution in [2.45, 2.75) is 309 Å². The van der Waals surface area contributed by atoms with Crippen molar-refractivity contribution in [3.05, 3.63) is 134 Å². The van der Waals surface area contributed by atoms with Gasteiger partial charge in [-0.1, -0.05) is 314 Å². The summed E-state index contributed by atoms with van der Waals surface area (Å²) < 4.78 is 23.8. The minimum Gasteiger partial charge on any atom is -0.387 e. The molecule has 1 amide bonds. The van der Waals surface area contributed by atoms with Gasteiger partial charge in [0.25, 0.3) is 0 Å². The summed E-state index contributed by atoms with van der Waals surface area (Å²) in [6, 6.07) is -0.878. The summed E-state index contributed by atoms with van der Waals surface area (Å²) in [5, 5.41) is 14.0. The first-order valence-corrected chi connectivity index (χ1v) is 37.1. The molecule has 0 bridgehead atoms. The minimum atomic E-state index is -4.37. The van der Waals surface area contributed by atoms with Crippen LogP contribution in [-0.2, 0) is 18.4 Å². The van der Waals surface area contributed by atoms with Crippen molar-refractivity contribution >= 4 is 13.7 Å². The first-order chi connectivity index (χ1) is 42.0. The van der Waals surface area contributed by atoms with E-state index in [9.17, 15) is 19.4 Å². The van der Waals surface area contributed by atoms with E-state index in [0.717, 1.165) is 96.3 Å². The Bertz CT molecular complexity index is 1870. The highest BCUT2D eigenvalue weighted by Crippen LogP contribution is 2.43. The molecule has 0 rings (SSSR count). The molecular formula is C77H136N2O6P+. The molecule has 494 valence electrons. The number of quaternary nitrogens is 1. The molecule has 3 N–H and O–H groups in total. The van der Waals surface area contributed by atoms with Crippen LogP contribution in [0.2, 0.25) is 0 Å². The molecule has 0 saturated carbocycles. The lowest BCUT2D eigenvalue weighted by molar-refractivity contribution is -0.870. The van der Waals surface area contributed by atoms with Gasteiger partial charge in [0.2, 0.25) is 5.91 Å². The largest absolute Gasteiger partial charge is 0.472 e. The number of nitrogens with one attached hydrogen (secondary N) is 1. The number of carbonyl (C=O) groups is 1. The molecule has 0 saturated heterocycles. The number of unbranched alkanes of at least 4 members (excludes halogenated alkanes) is 31. The number of hydrogen-bond acceptors (Lipinski definition) is 5. The van der Waals surface area contributed by atoms with Crippen molar-refractivity contribution in [1.29, 1.82) is 0 Å². The lowest BCUT2D eigenvalue weighted by Gasteiger charge is -2.25. The fraction of sp³-hybridized carbons (Fsp3) is 0.701. The van der Waals surface area contributed by atoms with Crippen molar-refractivity contribution in [3.8, 4) is 0 Å². The van der Waals surface area contributed by atoms with Gasteiger partial charge in [0, 0.05) is 6.42 Å². The lowest BCUT2D eigenvalue weighted by Crippen LogP contribution is -2.45. The van der Waals surface area contributed by atoms with E-state index in [4.69, 9.17) is 9.05 Å². The van der Waals surface area contributed by atoms with Crippen LogP contribution in [-0.4, -0.2) is 73.4 Å². The van der Waals surface area contributed by atoms with Crippen LogP contribution < -0.4 is 5.32 Å². The number of aliphatic hydroxyl groups is 1. The molecule has 0 aromatic rings. The quantitative estimate of drug-likeness (QED) is 0.0243. The maximum absolute atomic E-state index is 13.0. The monoisotopic (exact) mass is 1220 g/mol. The average molecular weight is 1220 g/mol. The second-order valence-electron chi connectivity index (χ2n) is 24.9. The molecule has 86 heavy (non-hydrogen) atoms. The fourth-order valence-electron chi connectivity index (χ4n) is 9.86. The summed E-state index contributed by atoms with van der Waals surface area (Å²) in [5.74, 6) is -0.192. The molecule has 0 aromatic carbocycles. The Labute approximate surface area is 532 Å². The van der Waals surface area contributed by atoms with Crippen molar-refractivity contribution in [2.24, 2.45) is 0 Å². The van der Waals surface area contributed by atoms with E-state index in [0.29, 0.717) is 17.4 Å². The molecule has 0 aromatic heterocycles. The van der Waals surface area contributed by atoms with E-state index in [-0.39, 0.29) is 19.1 Å². The van der Waals surface area contributed by atoms with Crippen LogP contribution in [0.3, 0.4) is 0 Å². The molecule has 3 unspecified atom stereocenters. The van der Waals surface area contributed by atoms with Crippen LogP contribution in [0.25, 0.3) is 0 Å². The molecular weight excluding hydrogens is 1080 g/mol. The van der Waals surface area contributed by atoms with Crippen LogP contribution in [0, 0.1) is 0 Å². The Hall–Kier alpha value is -3.36. The molecule has 0 spiro atoms. The van der Waals surface area contributed by atoms with Gasteiger partial charge >= 0.3 is 7.82 Å². The van der Waals surface area contributed by atoms with Gasteiger partial charge in [-0.3, -0.25) is 13.8 Å². The molecule has 0 fully saturated rings. The number of hydrogen-bond donors (Lipinski definition) is 3. The Morgan fingerprint density at radius 1 is 0.407 bits per heavy atom. The summed E-state index contributed by atoms with van der Waals surface area (Å²) in [6.45, 7) is 4.69. The van der Waals surface area contributed by atoms with Gasteiger partial charge in [-0.05, 0) is 109 Å². The Morgan fingerprint density at radius 2 is 0.709 bits per heavy atom. The Morgan fingerprint density at radius 3 is 1.07 bits per heavy atom. The minimum absolute atomic E-state index is 0.0493. The van der Waals surface area contributed by atoms with Crippen molar-refractivity contribution in [3.63, 3.8) is 0 Å². The van der Waals surface area contributed by atoms with Crippen LogP contribution in [0.15, 0.2) is 134 Å². The van der Waals surface area contributed by atoms with Gasteiger partial charge < -0.3 is 19.8 Å². The van der Waals surface area contributed by atoms with Crippen molar-refractivity contribution < 1.29 is 32.9 Å². The van der Waals surface area contributed by atoms with Gasteiger partial charge in [0.1, 0.15) is 13.2 Å². The predicted molar refractivity (Wildman–Crippen MR) is 378 cm³/mol. The Kier molecular flexibility index (Phi) is 63.5. The maximum Gasteiger partial charge on any atom is 0.472 e. The molecule has 0 aliphatic carbocycles. The molecule has 8 nitrogen and oxygen atoms in total. The molecule has 0 aliphatic rings. The van der Waals surface area contributed by atoms with Gasteiger partial charge in [0.05, 0.1) is 39.9 Å². The summed E-state index contributed by atoms with van der Waals surface area (Å²) in [7, 11) is 1.54. The maximum atomic E-state index is 13.0. The molecule has 0 heterocycles. The standard InChI is InChI=1S/C77H135N2O6P/c1-6-8-10-12-14-16-18-20-22-24-26-28-30-31-32-33-34-35-36-37-38-39-40-41-42-43-44-45-46-47-49-51-53-55-57-59-61-63-65-67-69-71-77(81)78-75(74-85-86(82,83)84-73-72-79(3,4)5)76(80)70-68-66-64-62-60-58-56-54-52-50-48-29-27-25-23-21-19-17-15-13-11-9-7-2/h8,10,14,16,20,22,26,28,31-32,34-35,37-38,40-41,52,54,60,62,68,70,75-76,80H,6-7,9,11-13,15,17-19,21,23-25,27,29-30,33,36,39,42-51,53,55-59,61,63-67,69,71-74H2,1-5H3,(H-,78,81,82,83)/p+1/b10-8-,16-14-,22-20-,28-26-,32-31-,35-34-,38-37-,41-40-,54-52+,62-60+,70-68+. The van der Waals surface area contributed by atoms with Crippen LogP contribution >= 0.6 is 7.82 Å². The number of aliphatic hydroxyl groups excluding tert-OH is 1. The number of carbonyl (C=O) groups excluding carboxylic acids is 1. The smallest absolute Gasteiger partial charge is 0.387 e. The van der Waals surface area contributed by atoms with Crippen LogP contribution in [0.5, 0.6) is 0 Å². The lowest BCUT2D eigenvalue weighted by atomic mass is 10.0. The fourth-order valence-corrected chi connectivity index (χ4v) is 10.6. The third kappa shape index (κ3) is 68.1. The van der Waals surface area contributed by atoms with E-state index in [1.807, 2.05) is 27.2 Å². The number of allylic oxidation sites excluding steroid dienone is 21. The van der Waals surface area contributed by atoms with E-state index >= 15 is 0 Å². The number of amides is 1. The predicted octanol–water partition coefficient (Wildman–Crippen LogP) is 23.0. The Balaban J connectivity index is 4.08. The van der Waals surface area contributed by atoms with E-state index in [1.165, 1.54) is 180 Å². The third-order valence-electron chi connectivity index (χ3n) is 15.3. The highest BCUT2D eigenvalue weighted by molar-refractivity contribution is 7.47. The number of nitrogens with zero attached hydrogens (tertiary/aromatic N) is 1. The van der Waals surface area contributed by atoms with Gasteiger partial charge in [-0.15, -0.1) is 0 Å². The van der Waals surface area contributed by atoms with Crippen molar-refractivity contribution in [1.82, 2.24) is 5.32 Å². The summed E-state index contributed by atoms with van der Waals surface area (Å²) in [6.07, 6.45) is 100. The number of likely N-dealkylation sites (N-methyl/N-ethyl adjacent to an activating group) is 1. The topological polar surface area (TPSA) is 105 Å². The molecule has 9 heteroatoms. The molecule has 0 aliphatic heterocycles. The summed E-state index contributed by atoms with van der Waals surface area (Å²) >= 11 is 0. The molecule has 0 radical (unpaired) electrons. The number of phosphoric acid groups is 1. The van der Waals surface area contributed by atoms with Crippen LogP contribution in [0.4, 0.5) is 0 Å². The first-order valence-electron chi connectivity index (χ1n) is 35.6. The van der Waals surface area contributed by atoms with Gasteiger partial charge in [0.15, 0.2) is 0 Å². The zero-order valence-electron chi connectivity index (χ0n) is 56.5.